The van der Waals surface area contributed by atoms with E-state index < -0.39 is 0 Å². The van der Waals surface area contributed by atoms with Crippen molar-refractivity contribution in [3.05, 3.63) is 59.9 Å². The number of likely N-dealkylation sites (N-methyl/N-ethyl adjacent to an activating group) is 1. The molecular weight excluding hydrogens is 400 g/mol. The first-order valence-electron chi connectivity index (χ1n) is 10.9. The summed E-state index contributed by atoms with van der Waals surface area (Å²) < 4.78 is 0. The molecule has 8 nitrogen and oxygen atoms in total. The van der Waals surface area contributed by atoms with E-state index in [1.165, 1.54) is 5.69 Å². The third-order valence-electron chi connectivity index (χ3n) is 5.98. The van der Waals surface area contributed by atoms with Gasteiger partial charge in [0.25, 0.3) is 0 Å². The van der Waals surface area contributed by atoms with Crippen LogP contribution < -0.4 is 15.5 Å². The van der Waals surface area contributed by atoms with Gasteiger partial charge in [0.05, 0.1) is 11.2 Å². The molecule has 2 aromatic carbocycles. The molecule has 0 atom stereocenters. The van der Waals surface area contributed by atoms with Crippen LogP contribution in [0, 0.1) is 13.8 Å². The number of H-pyrrole nitrogens is 1. The van der Waals surface area contributed by atoms with Crippen molar-refractivity contribution in [3.63, 3.8) is 0 Å². The predicted molar refractivity (Wildman–Crippen MR) is 130 cm³/mol. The lowest BCUT2D eigenvalue weighted by molar-refractivity contribution is 0.313. The molecule has 8 heteroatoms. The van der Waals surface area contributed by atoms with Gasteiger partial charge in [-0.2, -0.15) is 10.1 Å². The number of benzene rings is 2. The first-order valence-corrected chi connectivity index (χ1v) is 10.9. The van der Waals surface area contributed by atoms with E-state index in [2.05, 4.69) is 73.0 Å². The maximum Gasteiger partial charge on any atom is 0.229 e. The Hall–Kier alpha value is -3.65. The number of hydrogen-bond acceptors (Lipinski definition) is 7. The van der Waals surface area contributed by atoms with Crippen LogP contribution in [0.3, 0.4) is 0 Å². The monoisotopic (exact) mass is 428 g/mol. The molecule has 2 aromatic heterocycles. The molecule has 1 aliphatic rings. The molecule has 0 unspecified atom stereocenters. The van der Waals surface area contributed by atoms with E-state index in [0.717, 1.165) is 65.5 Å². The highest BCUT2D eigenvalue weighted by Gasteiger charge is 2.14. The van der Waals surface area contributed by atoms with Gasteiger partial charge in [-0.3, -0.25) is 5.10 Å². The van der Waals surface area contributed by atoms with Gasteiger partial charge in [-0.05, 0) is 63.4 Å². The van der Waals surface area contributed by atoms with Gasteiger partial charge in [-0.1, -0.05) is 0 Å². The smallest absolute Gasteiger partial charge is 0.229 e. The van der Waals surface area contributed by atoms with Crippen molar-refractivity contribution >= 4 is 39.7 Å². The number of nitrogens with zero attached hydrogens (tertiary/aromatic N) is 5. The molecule has 32 heavy (non-hydrogen) atoms. The molecule has 0 aliphatic carbocycles. The second-order valence-corrected chi connectivity index (χ2v) is 8.38. The molecule has 0 radical (unpaired) electrons. The van der Waals surface area contributed by atoms with Gasteiger partial charge >= 0.3 is 0 Å². The van der Waals surface area contributed by atoms with Crippen LogP contribution in [0.4, 0.5) is 28.8 Å². The summed E-state index contributed by atoms with van der Waals surface area (Å²) in [6.45, 7) is 8.30. The number of aromatic amines is 1. The first-order chi connectivity index (χ1) is 15.5. The molecule has 3 heterocycles. The van der Waals surface area contributed by atoms with Gasteiger partial charge < -0.3 is 20.4 Å². The summed E-state index contributed by atoms with van der Waals surface area (Å²) in [5.41, 5.74) is 6.13. The van der Waals surface area contributed by atoms with Crippen molar-refractivity contribution in [2.24, 2.45) is 0 Å². The zero-order valence-corrected chi connectivity index (χ0v) is 18.7. The molecule has 5 rings (SSSR count). The number of anilines is 5. The summed E-state index contributed by atoms with van der Waals surface area (Å²) >= 11 is 0. The quantitative estimate of drug-likeness (QED) is 0.439. The molecule has 4 aromatic rings. The summed E-state index contributed by atoms with van der Waals surface area (Å²) in [6.07, 6.45) is 1.83. The van der Waals surface area contributed by atoms with E-state index in [1.54, 1.807) is 0 Å². The molecule has 3 N–H and O–H groups in total. The Labute approximate surface area is 187 Å². The van der Waals surface area contributed by atoms with Crippen LogP contribution in [-0.2, 0) is 0 Å². The largest absolute Gasteiger partial charge is 0.369 e. The Kier molecular flexibility index (Phi) is 5.36. The van der Waals surface area contributed by atoms with Crippen LogP contribution >= 0.6 is 0 Å². The fourth-order valence-corrected chi connectivity index (χ4v) is 3.95. The average Bonchev–Trinajstić information content (AvgIpc) is 3.17. The molecule has 0 amide bonds. The third-order valence-corrected chi connectivity index (χ3v) is 5.98. The highest BCUT2D eigenvalue weighted by Crippen LogP contribution is 2.25. The highest BCUT2D eigenvalue weighted by molar-refractivity contribution is 5.85. The summed E-state index contributed by atoms with van der Waals surface area (Å²) in [5, 5.41) is 15.2. The number of fused-ring (bicyclic) bond motifs is 1. The molecule has 1 fully saturated rings. The number of aryl methyl sites for hydroxylation is 2. The van der Waals surface area contributed by atoms with Crippen molar-refractivity contribution in [2.75, 3.05) is 48.8 Å². The molecule has 1 saturated heterocycles. The fourth-order valence-electron chi connectivity index (χ4n) is 3.95. The number of rotatable bonds is 5. The van der Waals surface area contributed by atoms with Crippen molar-refractivity contribution in [3.8, 4) is 0 Å². The van der Waals surface area contributed by atoms with E-state index in [0.29, 0.717) is 5.95 Å². The molecule has 0 spiro atoms. The number of piperazine rings is 1. The number of nitrogens with one attached hydrogen (secondary N) is 3. The van der Waals surface area contributed by atoms with Crippen LogP contribution in [0.5, 0.6) is 0 Å². The lowest BCUT2D eigenvalue weighted by Crippen LogP contribution is -2.44. The molecule has 1 aliphatic heterocycles. The van der Waals surface area contributed by atoms with Gasteiger partial charge in [0.1, 0.15) is 5.82 Å². The lowest BCUT2D eigenvalue weighted by atomic mass is 10.2. The second kappa shape index (κ2) is 8.47. The van der Waals surface area contributed by atoms with Gasteiger partial charge in [0, 0.05) is 60.4 Å². The van der Waals surface area contributed by atoms with Crippen LogP contribution in [0.15, 0.2) is 48.7 Å². The zero-order chi connectivity index (χ0) is 22.1. The fraction of sp³-hybridized carbons (Fsp3) is 0.292. The predicted octanol–water partition coefficient (Wildman–Crippen LogP) is 4.21. The minimum atomic E-state index is 0.559. The minimum absolute atomic E-state index is 0.559. The summed E-state index contributed by atoms with van der Waals surface area (Å²) in [5.74, 6) is 1.33. The van der Waals surface area contributed by atoms with Crippen LogP contribution in [0.1, 0.15) is 11.3 Å². The van der Waals surface area contributed by atoms with Crippen LogP contribution in [0.2, 0.25) is 0 Å². The Morgan fingerprint density at radius 2 is 1.66 bits per heavy atom. The maximum atomic E-state index is 4.69. The summed E-state index contributed by atoms with van der Waals surface area (Å²) in [6, 6.07) is 14.6. The van der Waals surface area contributed by atoms with Gasteiger partial charge in [-0.15, -0.1) is 0 Å². The normalized spacial score (nSPS) is 14.7. The molecule has 0 bridgehead atoms. The second-order valence-electron chi connectivity index (χ2n) is 8.38. The van der Waals surface area contributed by atoms with Crippen molar-refractivity contribution in [1.82, 2.24) is 25.1 Å². The van der Waals surface area contributed by atoms with E-state index in [1.807, 2.05) is 32.2 Å². The summed E-state index contributed by atoms with van der Waals surface area (Å²) in [4.78, 5) is 13.9. The topological polar surface area (TPSA) is 85.0 Å². The van der Waals surface area contributed by atoms with Crippen LogP contribution in [0.25, 0.3) is 10.9 Å². The van der Waals surface area contributed by atoms with E-state index in [4.69, 9.17) is 4.98 Å². The first kappa shape index (κ1) is 20.3. The molecular formula is C24H28N8. The standard InChI is InChI=1S/C24H28N8/c1-16-15-25-24(27-18-4-7-20(8-5-18)32-12-10-31(3)11-13-32)28-23(16)26-19-6-9-21-17(2)29-30-22(21)14-19/h4-9,14-15H,10-13H2,1-3H3,(H,29,30)(H2,25,26,27,28). The van der Waals surface area contributed by atoms with Crippen molar-refractivity contribution in [1.29, 1.82) is 0 Å². The van der Waals surface area contributed by atoms with Crippen molar-refractivity contribution in [2.45, 2.75) is 13.8 Å². The average molecular weight is 429 g/mol. The Morgan fingerprint density at radius 1 is 0.906 bits per heavy atom. The van der Waals surface area contributed by atoms with E-state index >= 15 is 0 Å². The Bertz CT molecular complexity index is 1220. The summed E-state index contributed by atoms with van der Waals surface area (Å²) in [7, 11) is 2.17. The SMILES string of the molecule is Cc1cnc(Nc2ccc(N3CCN(C)CC3)cc2)nc1Nc1ccc2c(C)n[nH]c2c1. The molecule has 164 valence electrons. The van der Waals surface area contributed by atoms with Gasteiger partial charge in [0.2, 0.25) is 5.95 Å². The van der Waals surface area contributed by atoms with Crippen molar-refractivity contribution < 1.29 is 0 Å². The lowest BCUT2D eigenvalue weighted by Gasteiger charge is -2.34. The third kappa shape index (κ3) is 4.22. The van der Waals surface area contributed by atoms with Gasteiger partial charge in [0.15, 0.2) is 0 Å². The minimum Gasteiger partial charge on any atom is -0.369 e. The van der Waals surface area contributed by atoms with Crippen LogP contribution in [-0.4, -0.2) is 58.3 Å². The maximum absolute atomic E-state index is 4.69. The number of hydrogen-bond donors (Lipinski definition) is 3. The van der Waals surface area contributed by atoms with E-state index in [9.17, 15) is 0 Å². The zero-order valence-electron chi connectivity index (χ0n) is 18.7. The Balaban J connectivity index is 1.30. The highest BCUT2D eigenvalue weighted by atomic mass is 15.2. The number of aromatic nitrogens is 4. The molecule has 0 saturated carbocycles. The Morgan fingerprint density at radius 3 is 2.44 bits per heavy atom. The van der Waals surface area contributed by atoms with E-state index in [-0.39, 0.29) is 0 Å². The van der Waals surface area contributed by atoms with Gasteiger partial charge in [-0.25, -0.2) is 4.98 Å².